The van der Waals surface area contributed by atoms with Gasteiger partial charge in [-0.25, -0.2) is 18.6 Å². The third-order valence-electron chi connectivity index (χ3n) is 8.95. The Kier molecular flexibility index (Phi) is 9.31. The van der Waals surface area contributed by atoms with Crippen molar-refractivity contribution in [3.63, 3.8) is 0 Å². The van der Waals surface area contributed by atoms with E-state index in [2.05, 4.69) is 44.0 Å². The van der Waals surface area contributed by atoms with Gasteiger partial charge >= 0.3 is 0 Å². The summed E-state index contributed by atoms with van der Waals surface area (Å²) in [5, 5.41) is 0.725. The van der Waals surface area contributed by atoms with Gasteiger partial charge in [-0.1, -0.05) is 27.5 Å². The molecule has 40 heavy (non-hydrogen) atoms. The topological polar surface area (TPSA) is 106 Å². The molecule has 2 saturated heterocycles. The fourth-order valence-corrected chi connectivity index (χ4v) is 9.13. The second kappa shape index (κ2) is 12.3. The quantitative estimate of drug-likeness (QED) is 0.420. The van der Waals surface area contributed by atoms with E-state index in [1.54, 1.807) is 0 Å². The number of hydrogen-bond donors (Lipinski definition) is 1. The van der Waals surface area contributed by atoms with E-state index in [9.17, 15) is 13.2 Å². The number of aromatic nitrogens is 1. The largest absolute Gasteiger partial charge is 0.343 e. The highest BCUT2D eigenvalue weighted by molar-refractivity contribution is 9.10. The number of piperidine rings is 2. The number of carbonyl (C=O) groups excluding carboxylic acids is 1. The number of rotatable bonds is 6. The number of hydrogen-bond acceptors (Lipinski definition) is 6. The van der Waals surface area contributed by atoms with Gasteiger partial charge in [0.05, 0.1) is 18.6 Å². The number of benzene rings is 1. The lowest BCUT2D eigenvalue weighted by Gasteiger charge is -2.42. The van der Waals surface area contributed by atoms with E-state index in [0.717, 1.165) is 45.3 Å². The predicted molar refractivity (Wildman–Crippen MR) is 162 cm³/mol. The van der Waals surface area contributed by atoms with Gasteiger partial charge in [-0.15, -0.1) is 0 Å². The van der Waals surface area contributed by atoms with Crippen LogP contribution in [0, 0.1) is 11.3 Å². The van der Waals surface area contributed by atoms with Crippen molar-refractivity contribution in [3.8, 4) is 0 Å². The number of nitrogens with two attached hydrogens (primary N) is 1. The molecular formula is C28H35Br2ClN4O4S. The van der Waals surface area contributed by atoms with Gasteiger partial charge < -0.3 is 9.74 Å². The van der Waals surface area contributed by atoms with Gasteiger partial charge in [0.15, 0.2) is 0 Å². The molecule has 1 aromatic heterocycles. The van der Waals surface area contributed by atoms with Crippen molar-refractivity contribution in [1.82, 2.24) is 14.2 Å². The van der Waals surface area contributed by atoms with E-state index in [-0.39, 0.29) is 18.4 Å². The van der Waals surface area contributed by atoms with E-state index in [1.807, 2.05) is 17.2 Å². The van der Waals surface area contributed by atoms with Crippen LogP contribution in [0.25, 0.3) is 0 Å². The zero-order valence-electron chi connectivity index (χ0n) is 22.5. The highest BCUT2D eigenvalue weighted by atomic mass is 79.9. The normalized spacial score (nSPS) is 21.9. The Bertz CT molecular complexity index is 1380. The summed E-state index contributed by atoms with van der Waals surface area (Å²) in [5.74, 6) is 5.98. The van der Waals surface area contributed by atoms with Gasteiger partial charge in [0.2, 0.25) is 15.9 Å². The summed E-state index contributed by atoms with van der Waals surface area (Å²) >= 11 is 13.9. The first-order chi connectivity index (χ1) is 19.0. The molecule has 2 fully saturated rings. The van der Waals surface area contributed by atoms with Gasteiger partial charge in [0.25, 0.3) is 0 Å². The molecule has 5 rings (SSSR count). The molecule has 2 aromatic rings. The van der Waals surface area contributed by atoms with Gasteiger partial charge in [-0.2, -0.15) is 0 Å². The Morgan fingerprint density at radius 1 is 1.12 bits per heavy atom. The molecule has 2 aliphatic heterocycles. The summed E-state index contributed by atoms with van der Waals surface area (Å²) in [6, 6.07) is 6.25. The Morgan fingerprint density at radius 2 is 1.80 bits per heavy atom. The lowest BCUT2D eigenvalue weighted by Crippen LogP contribution is -2.48. The lowest BCUT2D eigenvalue weighted by molar-refractivity contribution is -0.137. The zero-order valence-corrected chi connectivity index (χ0v) is 27.3. The third kappa shape index (κ3) is 6.45. The van der Waals surface area contributed by atoms with Gasteiger partial charge in [-0.05, 0) is 95.3 Å². The van der Waals surface area contributed by atoms with Crippen LogP contribution in [-0.2, 0) is 32.5 Å². The summed E-state index contributed by atoms with van der Waals surface area (Å²) in [6.07, 6.45) is 8.04. The molecule has 12 heteroatoms. The van der Waals surface area contributed by atoms with E-state index in [4.69, 9.17) is 27.3 Å². The molecule has 218 valence electrons. The number of sulfonamides is 1. The second-order valence-electron chi connectivity index (χ2n) is 11.5. The molecule has 3 heterocycles. The minimum absolute atomic E-state index is 0.0833. The zero-order chi connectivity index (χ0) is 28.7. The van der Waals surface area contributed by atoms with Crippen LogP contribution in [-0.4, -0.2) is 67.6 Å². The number of pyridine rings is 1. The highest BCUT2D eigenvalue weighted by Crippen LogP contribution is 2.46. The van der Waals surface area contributed by atoms with Crippen LogP contribution in [0.4, 0.5) is 0 Å². The predicted octanol–water partition coefficient (Wildman–Crippen LogP) is 5.05. The number of aryl methyl sites for hydroxylation is 2. The molecule has 0 saturated carbocycles. The van der Waals surface area contributed by atoms with Crippen molar-refractivity contribution in [2.24, 2.45) is 17.2 Å². The van der Waals surface area contributed by atoms with E-state index in [1.165, 1.54) is 27.3 Å². The number of halogens is 3. The molecule has 0 unspecified atom stereocenters. The molecule has 8 nitrogen and oxygen atoms in total. The molecule has 3 aliphatic rings. The Balaban J connectivity index is 1.32. The van der Waals surface area contributed by atoms with Crippen molar-refractivity contribution in [3.05, 3.63) is 60.7 Å². The van der Waals surface area contributed by atoms with E-state index >= 15 is 0 Å². The molecular weight excluding hydrogens is 684 g/mol. The summed E-state index contributed by atoms with van der Waals surface area (Å²) in [4.78, 5) is 25.5. The fourth-order valence-electron chi connectivity index (χ4n) is 6.79. The fraction of sp³-hybridized carbons (Fsp3) is 0.571. The van der Waals surface area contributed by atoms with E-state index in [0.29, 0.717) is 51.4 Å². The molecule has 1 amide bonds. The molecule has 1 aromatic carbocycles. The first kappa shape index (κ1) is 30.4. The lowest BCUT2D eigenvalue weighted by atomic mass is 9.75. The summed E-state index contributed by atoms with van der Waals surface area (Å²) in [6.45, 7) is 2.32. The maximum absolute atomic E-state index is 13.5. The Morgan fingerprint density at radius 3 is 2.45 bits per heavy atom. The van der Waals surface area contributed by atoms with Gasteiger partial charge in [0, 0.05) is 64.1 Å². The third-order valence-corrected chi connectivity index (χ3v) is 11.6. The molecule has 1 atom stereocenters. The van der Waals surface area contributed by atoms with Gasteiger partial charge in [0.1, 0.15) is 0 Å². The smallest absolute Gasteiger partial charge is 0.223 e. The molecule has 0 spiro atoms. The average Bonchev–Trinajstić information content (AvgIpc) is 3.05. The molecule has 0 bridgehead atoms. The first-order valence-corrected chi connectivity index (χ1v) is 17.5. The van der Waals surface area contributed by atoms with Gasteiger partial charge in [-0.3, -0.25) is 9.78 Å². The average molecular weight is 719 g/mol. The van der Waals surface area contributed by atoms with Crippen LogP contribution >= 0.6 is 43.5 Å². The molecule has 2 N–H and O–H groups in total. The van der Waals surface area contributed by atoms with Crippen molar-refractivity contribution < 1.29 is 18.0 Å². The standard InChI is InChI=1S/C28H35Br2ClN4O4S/c1-40(37,38)35-10-6-28(7-11-35,17-39-32)15-24(36)34-8-4-18(5-9-34)26-25-19(13-22(31)14-23(25)30)2-3-20-12-21(29)16-33-27(20)26/h12-14,16,18,26H,2-11,15,17,32H2,1H3/t26-/m1/s1. The minimum atomic E-state index is -3.26. The minimum Gasteiger partial charge on any atom is -0.343 e. The van der Waals surface area contributed by atoms with Crippen LogP contribution in [0.15, 0.2) is 33.3 Å². The summed E-state index contributed by atoms with van der Waals surface area (Å²) in [5.41, 5.74) is 4.43. The van der Waals surface area contributed by atoms with E-state index < -0.39 is 15.4 Å². The monoisotopic (exact) mass is 716 g/mol. The summed E-state index contributed by atoms with van der Waals surface area (Å²) < 4.78 is 27.5. The summed E-state index contributed by atoms with van der Waals surface area (Å²) in [7, 11) is -3.26. The van der Waals surface area contributed by atoms with Crippen molar-refractivity contribution in [2.75, 3.05) is 39.0 Å². The van der Waals surface area contributed by atoms with Crippen molar-refractivity contribution >= 4 is 59.4 Å². The second-order valence-corrected chi connectivity index (χ2v) is 15.7. The first-order valence-electron chi connectivity index (χ1n) is 13.7. The highest BCUT2D eigenvalue weighted by Gasteiger charge is 2.41. The number of likely N-dealkylation sites (tertiary alicyclic amines) is 1. The van der Waals surface area contributed by atoms with Crippen LogP contribution in [0.3, 0.4) is 0 Å². The maximum atomic E-state index is 13.5. The SMILES string of the molecule is CS(=O)(=O)N1CCC(CON)(CC(=O)N2CCC([C@H]3c4ncc(Br)cc4CCc4cc(Cl)cc(Br)c43)CC2)CC1. The van der Waals surface area contributed by atoms with Crippen molar-refractivity contribution in [1.29, 1.82) is 0 Å². The number of fused-ring (bicyclic) bond motifs is 2. The van der Waals surface area contributed by atoms with Crippen molar-refractivity contribution in [2.45, 2.75) is 50.9 Å². The van der Waals surface area contributed by atoms with Crippen LogP contribution in [0.1, 0.15) is 60.4 Å². The molecule has 1 aliphatic carbocycles. The van der Waals surface area contributed by atoms with Crippen LogP contribution in [0.5, 0.6) is 0 Å². The Labute approximate surface area is 258 Å². The number of nitrogens with zero attached hydrogens (tertiary/aromatic N) is 3. The maximum Gasteiger partial charge on any atom is 0.223 e. The van der Waals surface area contributed by atoms with Crippen LogP contribution in [0.2, 0.25) is 5.02 Å². The number of carbonyl (C=O) groups is 1. The Hall–Kier alpha value is -1.08. The molecule has 0 radical (unpaired) electrons. The van der Waals surface area contributed by atoms with Crippen LogP contribution < -0.4 is 5.90 Å². The number of amides is 1.